The van der Waals surface area contributed by atoms with Crippen LogP contribution >= 0.6 is 0 Å². The zero-order valence-corrected chi connectivity index (χ0v) is 6.64. The van der Waals surface area contributed by atoms with Gasteiger partial charge in [0.15, 0.2) is 9.84 Å². The zero-order chi connectivity index (χ0) is 9.57. The molecule has 1 aliphatic heterocycles. The predicted octanol–water partition coefficient (Wildman–Crippen LogP) is -0.249. The van der Waals surface area contributed by atoms with Crippen molar-refractivity contribution in [2.45, 2.75) is 5.92 Å². The summed E-state index contributed by atoms with van der Waals surface area (Å²) in [6, 6.07) is 0. The second-order valence-corrected chi connectivity index (χ2v) is 4.86. The lowest BCUT2D eigenvalue weighted by Crippen LogP contribution is -2.51. The van der Waals surface area contributed by atoms with Crippen LogP contribution in [0.25, 0.3) is 0 Å². The number of sulfone groups is 1. The average molecular weight is 200 g/mol. The van der Waals surface area contributed by atoms with Gasteiger partial charge in [0.25, 0.3) is 0 Å². The van der Waals surface area contributed by atoms with Crippen molar-refractivity contribution in [2.75, 3.05) is 11.5 Å². The maximum absolute atomic E-state index is 12.5. The van der Waals surface area contributed by atoms with Crippen molar-refractivity contribution < 1.29 is 27.1 Å². The molecule has 0 radical (unpaired) electrons. The number of carbonyl (C=O) groups is 1. The molecule has 0 amide bonds. The van der Waals surface area contributed by atoms with Crippen molar-refractivity contribution in [3.63, 3.8) is 0 Å². The van der Waals surface area contributed by atoms with E-state index in [1.165, 1.54) is 0 Å². The van der Waals surface area contributed by atoms with Gasteiger partial charge >= 0.3 is 11.9 Å². The molecular weight excluding hydrogens is 194 g/mol. The summed E-state index contributed by atoms with van der Waals surface area (Å²) in [4.78, 5) is 9.92. The van der Waals surface area contributed by atoms with Crippen molar-refractivity contribution in [1.82, 2.24) is 0 Å². The molecule has 4 nitrogen and oxygen atoms in total. The van der Waals surface area contributed by atoms with Gasteiger partial charge in [-0.25, -0.2) is 13.2 Å². The summed E-state index contributed by atoms with van der Waals surface area (Å²) < 4.78 is 45.8. The molecule has 0 aromatic rings. The normalized spacial score (nSPS) is 23.2. The number of aliphatic carboxylic acids is 1. The Bertz CT molecular complexity index is 295. The minimum absolute atomic E-state index is 0.730. The van der Waals surface area contributed by atoms with Gasteiger partial charge in [-0.3, -0.25) is 0 Å². The maximum atomic E-state index is 12.5. The monoisotopic (exact) mass is 200 g/mol. The molecule has 0 aromatic heterocycles. The van der Waals surface area contributed by atoms with Crippen molar-refractivity contribution >= 4 is 15.8 Å². The summed E-state index contributed by atoms with van der Waals surface area (Å²) in [6.45, 7) is 0. The molecular formula is C5H6F2O4S. The lowest BCUT2D eigenvalue weighted by Gasteiger charge is -2.29. The Hall–Kier alpha value is -0.720. The van der Waals surface area contributed by atoms with E-state index < -0.39 is 39.2 Å². The molecule has 7 heteroatoms. The Morgan fingerprint density at radius 1 is 1.42 bits per heavy atom. The van der Waals surface area contributed by atoms with Gasteiger partial charge < -0.3 is 5.11 Å². The summed E-state index contributed by atoms with van der Waals surface area (Å²) in [5, 5.41) is 8.00. The second-order valence-electron chi connectivity index (χ2n) is 2.70. The fourth-order valence-electron chi connectivity index (χ4n) is 0.948. The van der Waals surface area contributed by atoms with Crippen molar-refractivity contribution in [3.8, 4) is 0 Å². The second kappa shape index (κ2) is 2.38. The Morgan fingerprint density at radius 3 is 2.08 bits per heavy atom. The van der Waals surface area contributed by atoms with E-state index in [4.69, 9.17) is 5.11 Å². The summed E-state index contributed by atoms with van der Waals surface area (Å²) in [5.74, 6) is -9.19. The number of hydrogen-bond donors (Lipinski definition) is 1. The van der Waals surface area contributed by atoms with Crippen molar-refractivity contribution in [3.05, 3.63) is 0 Å². The highest BCUT2D eigenvalue weighted by Crippen LogP contribution is 2.34. The number of carboxylic acid groups (broad SMARTS) is 1. The topological polar surface area (TPSA) is 71.4 Å². The van der Waals surface area contributed by atoms with E-state index in [9.17, 15) is 22.0 Å². The van der Waals surface area contributed by atoms with Crippen molar-refractivity contribution in [1.29, 1.82) is 0 Å². The van der Waals surface area contributed by atoms with E-state index in [1.54, 1.807) is 0 Å². The lowest BCUT2D eigenvalue weighted by molar-refractivity contribution is -0.171. The van der Waals surface area contributed by atoms with Crippen LogP contribution < -0.4 is 0 Å². The smallest absolute Gasteiger partial charge is 0.374 e. The van der Waals surface area contributed by atoms with Gasteiger partial charge in [0.1, 0.15) is 0 Å². The molecule has 0 unspecified atom stereocenters. The van der Waals surface area contributed by atoms with Gasteiger partial charge in [0.05, 0.1) is 17.4 Å². The van der Waals surface area contributed by atoms with Gasteiger partial charge in [-0.15, -0.1) is 0 Å². The molecule has 1 rings (SSSR count). The Morgan fingerprint density at radius 2 is 1.83 bits per heavy atom. The van der Waals surface area contributed by atoms with E-state index in [-0.39, 0.29) is 0 Å². The summed E-state index contributed by atoms with van der Waals surface area (Å²) in [5.41, 5.74) is 0. The lowest BCUT2D eigenvalue weighted by atomic mass is 10.1. The van der Waals surface area contributed by atoms with E-state index in [0.717, 1.165) is 0 Å². The van der Waals surface area contributed by atoms with E-state index in [0.29, 0.717) is 0 Å². The molecule has 1 saturated heterocycles. The minimum Gasteiger partial charge on any atom is -0.477 e. The summed E-state index contributed by atoms with van der Waals surface area (Å²) >= 11 is 0. The number of halogens is 2. The predicted molar refractivity (Wildman–Crippen MR) is 34.7 cm³/mol. The zero-order valence-electron chi connectivity index (χ0n) is 5.83. The first kappa shape index (κ1) is 9.37. The van der Waals surface area contributed by atoms with Crippen LogP contribution in [-0.4, -0.2) is 36.9 Å². The fourth-order valence-corrected chi connectivity index (χ4v) is 2.50. The van der Waals surface area contributed by atoms with Crippen LogP contribution in [0.5, 0.6) is 0 Å². The summed E-state index contributed by atoms with van der Waals surface area (Å²) in [7, 11) is -3.39. The SMILES string of the molecule is O=C(O)C(F)(F)C1CS(=O)(=O)C1. The van der Waals surface area contributed by atoms with Crippen LogP contribution in [0.4, 0.5) is 8.78 Å². The third-order valence-electron chi connectivity index (χ3n) is 1.71. The van der Waals surface area contributed by atoms with Gasteiger partial charge in [0, 0.05) is 0 Å². The van der Waals surface area contributed by atoms with E-state index in [2.05, 4.69) is 0 Å². The molecule has 0 spiro atoms. The highest BCUT2D eigenvalue weighted by molar-refractivity contribution is 7.92. The standard InChI is InChI=1S/C5H6F2O4S/c6-5(7,4(8)9)3-1-12(10,11)2-3/h3H,1-2H2,(H,8,9). The first-order valence-electron chi connectivity index (χ1n) is 3.07. The molecule has 0 saturated carbocycles. The minimum atomic E-state index is -3.91. The molecule has 1 aliphatic rings. The van der Waals surface area contributed by atoms with Crippen LogP contribution in [0.15, 0.2) is 0 Å². The third-order valence-corrected chi connectivity index (χ3v) is 3.53. The van der Waals surface area contributed by atoms with Crippen molar-refractivity contribution in [2.24, 2.45) is 5.92 Å². The molecule has 0 aromatic carbocycles. The largest absolute Gasteiger partial charge is 0.477 e. The Labute approximate surface area is 67.1 Å². The molecule has 12 heavy (non-hydrogen) atoms. The maximum Gasteiger partial charge on any atom is 0.374 e. The van der Waals surface area contributed by atoms with Crippen LogP contribution in [0.1, 0.15) is 0 Å². The fraction of sp³-hybridized carbons (Fsp3) is 0.800. The molecule has 0 atom stereocenters. The van der Waals surface area contributed by atoms with Gasteiger partial charge in [0.2, 0.25) is 0 Å². The third kappa shape index (κ3) is 1.40. The van der Waals surface area contributed by atoms with Crippen LogP contribution in [0, 0.1) is 5.92 Å². The highest BCUT2D eigenvalue weighted by atomic mass is 32.2. The molecule has 1 fully saturated rings. The van der Waals surface area contributed by atoms with Crippen LogP contribution in [0.3, 0.4) is 0 Å². The molecule has 1 heterocycles. The molecule has 0 bridgehead atoms. The van der Waals surface area contributed by atoms with E-state index in [1.807, 2.05) is 0 Å². The molecule has 1 N–H and O–H groups in total. The Kier molecular flexibility index (Phi) is 1.86. The van der Waals surface area contributed by atoms with E-state index >= 15 is 0 Å². The number of alkyl halides is 2. The first-order valence-corrected chi connectivity index (χ1v) is 4.89. The van der Waals surface area contributed by atoms with Gasteiger partial charge in [-0.2, -0.15) is 8.78 Å². The van der Waals surface area contributed by atoms with Crippen LogP contribution in [0.2, 0.25) is 0 Å². The van der Waals surface area contributed by atoms with Crippen LogP contribution in [-0.2, 0) is 14.6 Å². The average Bonchev–Trinajstić information content (AvgIpc) is 1.82. The summed E-state index contributed by atoms with van der Waals surface area (Å²) in [6.07, 6.45) is 0. The number of hydrogen-bond acceptors (Lipinski definition) is 3. The number of rotatable bonds is 2. The molecule has 0 aliphatic carbocycles. The van der Waals surface area contributed by atoms with Gasteiger partial charge in [-0.1, -0.05) is 0 Å². The Balaban J connectivity index is 2.70. The number of carboxylic acids is 1. The highest BCUT2D eigenvalue weighted by Gasteiger charge is 2.55. The molecule has 70 valence electrons. The first-order chi connectivity index (χ1) is 5.26. The van der Waals surface area contributed by atoms with Gasteiger partial charge in [-0.05, 0) is 0 Å². The quantitative estimate of drug-likeness (QED) is 0.667.